The van der Waals surface area contributed by atoms with Gasteiger partial charge in [0.2, 0.25) is 17.7 Å². The van der Waals surface area contributed by atoms with Gasteiger partial charge in [0.25, 0.3) is 0 Å². The summed E-state index contributed by atoms with van der Waals surface area (Å²) in [6, 6.07) is 3.49. The van der Waals surface area contributed by atoms with Crippen LogP contribution < -0.4 is 5.32 Å². The topological polar surface area (TPSA) is 79.6 Å². The molecule has 2 fully saturated rings. The third-order valence-electron chi connectivity index (χ3n) is 4.90. The van der Waals surface area contributed by atoms with Gasteiger partial charge in [0.1, 0.15) is 12.3 Å². The molecule has 2 bridgehead atoms. The number of rotatable bonds is 4. The van der Waals surface area contributed by atoms with E-state index in [1.807, 2.05) is 12.2 Å². The van der Waals surface area contributed by atoms with Gasteiger partial charge in [-0.1, -0.05) is 12.2 Å². The Labute approximate surface area is 127 Å². The first-order chi connectivity index (χ1) is 10.6. The molecule has 1 aromatic heterocycles. The van der Waals surface area contributed by atoms with Gasteiger partial charge >= 0.3 is 0 Å². The van der Waals surface area contributed by atoms with E-state index in [0.29, 0.717) is 5.76 Å². The highest BCUT2D eigenvalue weighted by atomic mass is 16.3. The van der Waals surface area contributed by atoms with Gasteiger partial charge in [-0.25, -0.2) is 0 Å². The Kier molecular flexibility index (Phi) is 2.92. The fraction of sp³-hybridized carbons (Fsp3) is 0.438. The highest BCUT2D eigenvalue weighted by Crippen LogP contribution is 2.52. The average Bonchev–Trinajstić information content (AvgIpc) is 3.26. The van der Waals surface area contributed by atoms with E-state index < -0.39 is 0 Å². The number of hydrogen-bond donors (Lipinski definition) is 1. The summed E-state index contributed by atoms with van der Waals surface area (Å²) in [7, 11) is 0. The number of imide groups is 1. The van der Waals surface area contributed by atoms with Crippen molar-refractivity contribution in [3.8, 4) is 0 Å². The van der Waals surface area contributed by atoms with Crippen molar-refractivity contribution in [2.24, 2.45) is 23.7 Å². The molecule has 1 saturated carbocycles. The van der Waals surface area contributed by atoms with Gasteiger partial charge in [-0.2, -0.15) is 0 Å². The molecule has 0 aromatic carbocycles. The number of likely N-dealkylation sites (tertiary alicyclic amines) is 1. The maximum atomic E-state index is 12.4. The normalized spacial score (nSPS) is 31.9. The van der Waals surface area contributed by atoms with E-state index in [1.54, 1.807) is 12.1 Å². The number of carbonyl (C=O) groups is 3. The lowest BCUT2D eigenvalue weighted by Crippen LogP contribution is -2.41. The van der Waals surface area contributed by atoms with E-state index >= 15 is 0 Å². The molecule has 4 rings (SSSR count). The molecule has 4 atom stereocenters. The summed E-state index contributed by atoms with van der Waals surface area (Å²) in [5, 5.41) is 2.66. The standard InChI is InChI=1S/C16H16N2O4/c19-12(17-7-11-2-1-5-22-11)8-18-15(20)13-9-3-4-10(6-9)14(13)16(18)21/h1-5,9-10,13-14H,6-8H2,(H,17,19)/t9-,10+,13+,14-. The molecular formula is C16H16N2O4. The van der Waals surface area contributed by atoms with Crippen molar-refractivity contribution >= 4 is 17.7 Å². The molecule has 1 aliphatic heterocycles. The quantitative estimate of drug-likeness (QED) is 0.656. The van der Waals surface area contributed by atoms with Crippen molar-refractivity contribution < 1.29 is 18.8 Å². The van der Waals surface area contributed by atoms with Gasteiger partial charge in [-0.05, 0) is 30.4 Å². The molecule has 22 heavy (non-hydrogen) atoms. The Bertz CT molecular complexity index is 634. The Morgan fingerprint density at radius 3 is 2.50 bits per heavy atom. The molecule has 1 aromatic rings. The number of furan rings is 1. The summed E-state index contributed by atoms with van der Waals surface area (Å²) < 4.78 is 5.12. The Balaban J connectivity index is 1.40. The Hall–Kier alpha value is -2.37. The highest BCUT2D eigenvalue weighted by molar-refractivity contribution is 6.08. The number of fused-ring (bicyclic) bond motifs is 5. The summed E-state index contributed by atoms with van der Waals surface area (Å²) in [5.41, 5.74) is 0. The molecule has 2 aliphatic carbocycles. The van der Waals surface area contributed by atoms with E-state index in [9.17, 15) is 14.4 Å². The van der Waals surface area contributed by atoms with Crippen molar-refractivity contribution in [3.63, 3.8) is 0 Å². The van der Waals surface area contributed by atoms with Crippen LogP contribution in [0.2, 0.25) is 0 Å². The van der Waals surface area contributed by atoms with Crippen LogP contribution in [0.25, 0.3) is 0 Å². The lowest BCUT2D eigenvalue weighted by Gasteiger charge is -2.16. The van der Waals surface area contributed by atoms with Gasteiger partial charge in [0.15, 0.2) is 0 Å². The molecule has 114 valence electrons. The zero-order valence-corrected chi connectivity index (χ0v) is 11.9. The number of hydrogen-bond acceptors (Lipinski definition) is 4. The maximum absolute atomic E-state index is 12.4. The van der Waals surface area contributed by atoms with Gasteiger partial charge in [0.05, 0.1) is 24.6 Å². The van der Waals surface area contributed by atoms with Crippen LogP contribution in [0.3, 0.4) is 0 Å². The van der Waals surface area contributed by atoms with Crippen molar-refractivity contribution in [1.29, 1.82) is 0 Å². The minimum atomic E-state index is -0.349. The van der Waals surface area contributed by atoms with Crippen molar-refractivity contribution in [1.82, 2.24) is 10.2 Å². The van der Waals surface area contributed by atoms with Gasteiger partial charge in [-0.3, -0.25) is 19.3 Å². The van der Waals surface area contributed by atoms with Crippen molar-refractivity contribution in [2.75, 3.05) is 6.54 Å². The highest BCUT2D eigenvalue weighted by Gasteiger charge is 2.59. The van der Waals surface area contributed by atoms with Crippen LogP contribution in [0.5, 0.6) is 0 Å². The van der Waals surface area contributed by atoms with Crippen LogP contribution in [0.4, 0.5) is 0 Å². The van der Waals surface area contributed by atoms with Crippen molar-refractivity contribution in [2.45, 2.75) is 13.0 Å². The lowest BCUT2D eigenvalue weighted by molar-refractivity contribution is -0.144. The van der Waals surface area contributed by atoms with E-state index in [-0.39, 0.29) is 54.5 Å². The van der Waals surface area contributed by atoms with Crippen LogP contribution >= 0.6 is 0 Å². The maximum Gasteiger partial charge on any atom is 0.240 e. The van der Waals surface area contributed by atoms with Crippen LogP contribution in [-0.4, -0.2) is 29.2 Å². The Morgan fingerprint density at radius 2 is 1.91 bits per heavy atom. The zero-order valence-electron chi connectivity index (χ0n) is 11.9. The smallest absolute Gasteiger partial charge is 0.240 e. The monoisotopic (exact) mass is 300 g/mol. The predicted octanol–water partition coefficient (Wildman–Crippen LogP) is 0.703. The second kappa shape index (κ2) is 4.83. The minimum absolute atomic E-state index is 0.169. The molecule has 0 unspecified atom stereocenters. The minimum Gasteiger partial charge on any atom is -0.467 e. The van der Waals surface area contributed by atoms with Gasteiger partial charge in [0, 0.05) is 0 Å². The van der Waals surface area contributed by atoms with E-state index in [4.69, 9.17) is 4.42 Å². The largest absolute Gasteiger partial charge is 0.467 e. The second-order valence-electron chi connectivity index (χ2n) is 6.12. The molecule has 0 radical (unpaired) electrons. The fourth-order valence-electron chi connectivity index (χ4n) is 3.92. The molecular weight excluding hydrogens is 284 g/mol. The molecule has 6 nitrogen and oxygen atoms in total. The van der Waals surface area contributed by atoms with Crippen LogP contribution in [0, 0.1) is 23.7 Å². The van der Waals surface area contributed by atoms with Crippen LogP contribution in [-0.2, 0) is 20.9 Å². The van der Waals surface area contributed by atoms with Crippen LogP contribution in [0.1, 0.15) is 12.2 Å². The van der Waals surface area contributed by atoms with E-state index in [2.05, 4.69) is 5.32 Å². The number of allylic oxidation sites excluding steroid dienone is 2. The first-order valence-corrected chi connectivity index (χ1v) is 7.48. The van der Waals surface area contributed by atoms with E-state index in [0.717, 1.165) is 11.3 Å². The molecule has 2 heterocycles. The zero-order chi connectivity index (χ0) is 15.3. The summed E-state index contributed by atoms with van der Waals surface area (Å²) in [4.78, 5) is 37.9. The number of carbonyl (C=O) groups excluding carboxylic acids is 3. The second-order valence-corrected chi connectivity index (χ2v) is 6.12. The molecule has 1 N–H and O–H groups in total. The van der Waals surface area contributed by atoms with Gasteiger partial charge < -0.3 is 9.73 Å². The Morgan fingerprint density at radius 1 is 1.23 bits per heavy atom. The summed E-state index contributed by atoms with van der Waals surface area (Å²) in [6.07, 6.45) is 6.50. The third kappa shape index (κ3) is 1.90. The van der Waals surface area contributed by atoms with E-state index in [1.165, 1.54) is 6.26 Å². The predicted molar refractivity (Wildman–Crippen MR) is 75.0 cm³/mol. The van der Waals surface area contributed by atoms with Crippen molar-refractivity contribution in [3.05, 3.63) is 36.3 Å². The first-order valence-electron chi connectivity index (χ1n) is 7.48. The number of nitrogens with zero attached hydrogens (tertiary/aromatic N) is 1. The SMILES string of the molecule is O=C(CN1C(=O)[C@@H]2[C@H](C1=O)[C@H]1C=C[C@@H]2C1)NCc1ccco1. The summed E-state index contributed by atoms with van der Waals surface area (Å²) in [5.74, 6) is -0.268. The number of nitrogens with one attached hydrogen (secondary N) is 1. The average molecular weight is 300 g/mol. The number of amides is 3. The van der Waals surface area contributed by atoms with Gasteiger partial charge in [-0.15, -0.1) is 0 Å². The lowest BCUT2D eigenvalue weighted by atomic mass is 9.85. The third-order valence-corrected chi connectivity index (χ3v) is 4.90. The summed E-state index contributed by atoms with van der Waals surface area (Å²) in [6.45, 7) is 0.0481. The first kappa shape index (κ1) is 13.3. The molecule has 1 saturated heterocycles. The molecule has 3 aliphatic rings. The fourth-order valence-corrected chi connectivity index (χ4v) is 3.92. The van der Waals surface area contributed by atoms with Crippen LogP contribution in [0.15, 0.2) is 35.0 Å². The molecule has 6 heteroatoms. The molecule has 0 spiro atoms. The summed E-state index contributed by atoms with van der Waals surface area (Å²) >= 11 is 0. The molecule has 3 amide bonds.